The van der Waals surface area contributed by atoms with Gasteiger partial charge in [-0.2, -0.15) is 0 Å². The number of methoxy groups -OCH3 is 1. The zero-order valence-corrected chi connectivity index (χ0v) is 8.18. The molecule has 0 spiro atoms. The molecule has 1 aromatic rings. The molecule has 0 aromatic carbocycles. The van der Waals surface area contributed by atoms with Crippen LogP contribution in [0, 0.1) is 17.0 Å². The summed E-state index contributed by atoms with van der Waals surface area (Å²) in [6, 6.07) is 1.12. The van der Waals surface area contributed by atoms with Gasteiger partial charge in [-0.3, -0.25) is 10.1 Å². The highest BCUT2D eigenvalue weighted by molar-refractivity contribution is 5.89. The van der Waals surface area contributed by atoms with Crippen LogP contribution in [0.1, 0.15) is 16.2 Å². The van der Waals surface area contributed by atoms with E-state index >= 15 is 0 Å². The van der Waals surface area contributed by atoms with Crippen molar-refractivity contribution in [3.05, 3.63) is 27.6 Å². The molecular weight excluding hydrogens is 202 g/mol. The second-order valence-corrected chi connectivity index (χ2v) is 2.78. The molecule has 0 radical (unpaired) electrons. The minimum absolute atomic E-state index is 0.0434. The van der Waals surface area contributed by atoms with Gasteiger partial charge >= 0.3 is 11.7 Å². The average molecular weight is 211 g/mol. The van der Waals surface area contributed by atoms with Gasteiger partial charge in [0.2, 0.25) is 0 Å². The monoisotopic (exact) mass is 211 g/mol. The Kier molecular flexibility index (Phi) is 2.84. The Bertz CT molecular complexity index is 407. The average Bonchev–Trinajstić information content (AvgIpc) is 2.14. The number of nitro groups is 1. The smallest absolute Gasteiger partial charge is 0.356 e. The topological polar surface area (TPSA) is 108 Å². The van der Waals surface area contributed by atoms with Crippen molar-refractivity contribution < 1.29 is 14.5 Å². The molecule has 0 saturated heterocycles. The number of aryl methyl sites for hydroxylation is 1. The molecule has 0 aliphatic rings. The van der Waals surface area contributed by atoms with Crippen LogP contribution in [-0.2, 0) is 4.74 Å². The lowest BCUT2D eigenvalue weighted by Crippen LogP contribution is -2.09. The van der Waals surface area contributed by atoms with Crippen molar-refractivity contribution in [2.45, 2.75) is 6.92 Å². The zero-order chi connectivity index (χ0) is 11.6. The number of nitrogens with zero attached hydrogens (tertiary/aromatic N) is 2. The SMILES string of the molecule is COC(=O)c1cc(N)c([N+](=O)[O-])c(C)n1. The van der Waals surface area contributed by atoms with Gasteiger partial charge < -0.3 is 10.5 Å². The van der Waals surface area contributed by atoms with E-state index in [1.807, 2.05) is 0 Å². The summed E-state index contributed by atoms with van der Waals surface area (Å²) >= 11 is 0. The number of hydrogen-bond acceptors (Lipinski definition) is 6. The summed E-state index contributed by atoms with van der Waals surface area (Å²) in [5.41, 5.74) is 5.07. The molecule has 7 heteroatoms. The van der Waals surface area contributed by atoms with E-state index in [2.05, 4.69) is 9.72 Å². The summed E-state index contributed by atoms with van der Waals surface area (Å²) < 4.78 is 4.42. The van der Waals surface area contributed by atoms with Gasteiger partial charge in [-0.05, 0) is 6.92 Å². The van der Waals surface area contributed by atoms with Crippen LogP contribution in [0.5, 0.6) is 0 Å². The highest BCUT2D eigenvalue weighted by atomic mass is 16.6. The highest BCUT2D eigenvalue weighted by Crippen LogP contribution is 2.24. The van der Waals surface area contributed by atoms with Crippen LogP contribution in [0.25, 0.3) is 0 Å². The molecule has 0 fully saturated rings. The van der Waals surface area contributed by atoms with Crippen molar-refractivity contribution in [1.82, 2.24) is 4.98 Å². The van der Waals surface area contributed by atoms with E-state index in [0.29, 0.717) is 0 Å². The van der Waals surface area contributed by atoms with E-state index in [0.717, 1.165) is 6.07 Å². The Morgan fingerprint density at radius 3 is 2.67 bits per heavy atom. The fourth-order valence-electron chi connectivity index (χ4n) is 1.14. The van der Waals surface area contributed by atoms with Crippen LogP contribution in [0.4, 0.5) is 11.4 Å². The Morgan fingerprint density at radius 2 is 2.27 bits per heavy atom. The van der Waals surface area contributed by atoms with Crippen LogP contribution >= 0.6 is 0 Å². The molecule has 15 heavy (non-hydrogen) atoms. The van der Waals surface area contributed by atoms with E-state index in [9.17, 15) is 14.9 Å². The van der Waals surface area contributed by atoms with Crippen molar-refractivity contribution in [3.63, 3.8) is 0 Å². The number of pyridine rings is 1. The van der Waals surface area contributed by atoms with Crippen molar-refractivity contribution in [2.75, 3.05) is 12.8 Å². The summed E-state index contributed by atoms with van der Waals surface area (Å²) in [5, 5.41) is 10.6. The Morgan fingerprint density at radius 1 is 1.67 bits per heavy atom. The highest BCUT2D eigenvalue weighted by Gasteiger charge is 2.20. The van der Waals surface area contributed by atoms with Crippen LogP contribution in [0.2, 0.25) is 0 Å². The van der Waals surface area contributed by atoms with Gasteiger partial charge in [0, 0.05) is 6.07 Å². The number of nitrogens with two attached hydrogens (primary N) is 1. The Hall–Kier alpha value is -2.18. The first kappa shape index (κ1) is 10.9. The number of ether oxygens (including phenoxy) is 1. The molecule has 0 atom stereocenters. The van der Waals surface area contributed by atoms with Crippen LogP contribution in [0.3, 0.4) is 0 Å². The molecule has 1 aromatic heterocycles. The molecule has 0 amide bonds. The molecule has 1 rings (SSSR count). The third-order valence-corrected chi connectivity index (χ3v) is 1.77. The molecule has 0 aliphatic carbocycles. The molecule has 0 aliphatic heterocycles. The van der Waals surface area contributed by atoms with Gasteiger partial charge in [0.25, 0.3) is 0 Å². The largest absolute Gasteiger partial charge is 0.464 e. The van der Waals surface area contributed by atoms with Crippen molar-refractivity contribution in [3.8, 4) is 0 Å². The number of esters is 1. The number of rotatable bonds is 2. The molecule has 0 bridgehead atoms. The molecule has 0 unspecified atom stereocenters. The Labute approximate surface area is 85.0 Å². The molecule has 2 N–H and O–H groups in total. The quantitative estimate of drug-likeness (QED) is 0.437. The minimum Gasteiger partial charge on any atom is -0.464 e. The third kappa shape index (κ3) is 2.01. The molecule has 7 nitrogen and oxygen atoms in total. The van der Waals surface area contributed by atoms with Gasteiger partial charge in [-0.15, -0.1) is 0 Å². The second-order valence-electron chi connectivity index (χ2n) is 2.78. The number of nitrogen functional groups attached to an aromatic ring is 1. The summed E-state index contributed by atoms with van der Waals surface area (Å²) in [5.74, 6) is -0.681. The maximum absolute atomic E-state index is 11.1. The Balaban J connectivity index is 3.31. The van der Waals surface area contributed by atoms with E-state index in [1.54, 1.807) is 0 Å². The van der Waals surface area contributed by atoms with Crippen molar-refractivity contribution in [1.29, 1.82) is 0 Å². The number of hydrogen-bond donors (Lipinski definition) is 1. The van der Waals surface area contributed by atoms with E-state index in [1.165, 1.54) is 14.0 Å². The summed E-state index contributed by atoms with van der Waals surface area (Å²) in [6.07, 6.45) is 0. The third-order valence-electron chi connectivity index (χ3n) is 1.77. The van der Waals surface area contributed by atoms with E-state index in [-0.39, 0.29) is 22.8 Å². The molecule has 0 saturated carbocycles. The fraction of sp³-hybridized carbons (Fsp3) is 0.250. The van der Waals surface area contributed by atoms with Gasteiger partial charge in [0.1, 0.15) is 11.4 Å². The fourth-order valence-corrected chi connectivity index (χ4v) is 1.14. The number of carbonyl (C=O) groups is 1. The first-order chi connectivity index (χ1) is 6.97. The van der Waals surface area contributed by atoms with Crippen LogP contribution in [-0.4, -0.2) is 23.0 Å². The zero-order valence-electron chi connectivity index (χ0n) is 8.18. The van der Waals surface area contributed by atoms with Crippen LogP contribution in [0.15, 0.2) is 6.07 Å². The number of aromatic nitrogens is 1. The number of anilines is 1. The minimum atomic E-state index is -0.681. The van der Waals surface area contributed by atoms with Crippen molar-refractivity contribution >= 4 is 17.3 Å². The lowest BCUT2D eigenvalue weighted by atomic mass is 10.2. The van der Waals surface area contributed by atoms with Gasteiger partial charge in [-0.25, -0.2) is 9.78 Å². The standard InChI is InChI=1S/C8H9N3O4/c1-4-7(11(13)14)5(9)3-6(10-4)8(12)15-2/h3H,1-2H3,(H2,9,10). The first-order valence-electron chi connectivity index (χ1n) is 3.97. The van der Waals surface area contributed by atoms with Gasteiger partial charge in [0.05, 0.1) is 12.0 Å². The summed E-state index contributed by atoms with van der Waals surface area (Å²) in [7, 11) is 1.19. The lowest BCUT2D eigenvalue weighted by molar-refractivity contribution is -0.384. The van der Waals surface area contributed by atoms with E-state index < -0.39 is 10.9 Å². The molecule has 80 valence electrons. The van der Waals surface area contributed by atoms with Gasteiger partial charge in [-0.1, -0.05) is 0 Å². The predicted octanol–water partition coefficient (Wildman–Crippen LogP) is 0.667. The number of carbonyl (C=O) groups excluding carboxylic acids is 1. The first-order valence-corrected chi connectivity index (χ1v) is 3.97. The van der Waals surface area contributed by atoms with Crippen molar-refractivity contribution in [2.24, 2.45) is 0 Å². The maximum atomic E-state index is 11.1. The van der Waals surface area contributed by atoms with Crippen LogP contribution < -0.4 is 5.73 Å². The molecular formula is C8H9N3O4. The normalized spacial score (nSPS) is 9.73. The maximum Gasteiger partial charge on any atom is 0.356 e. The van der Waals surface area contributed by atoms with E-state index in [4.69, 9.17) is 5.73 Å². The van der Waals surface area contributed by atoms with Gasteiger partial charge in [0.15, 0.2) is 5.69 Å². The summed E-state index contributed by atoms with van der Waals surface area (Å²) in [6.45, 7) is 1.40. The molecule has 1 heterocycles. The summed E-state index contributed by atoms with van der Waals surface area (Å²) in [4.78, 5) is 24.7. The second kappa shape index (κ2) is 3.91. The lowest BCUT2D eigenvalue weighted by Gasteiger charge is -2.03. The predicted molar refractivity (Wildman–Crippen MR) is 51.4 cm³/mol.